The van der Waals surface area contributed by atoms with Crippen LogP contribution in [-0.4, -0.2) is 29.5 Å². The number of phenolic OH excluding ortho intramolecular Hbond substituents is 1. The number of nitrogens with two attached hydrogens (primary N) is 1. The van der Waals surface area contributed by atoms with Crippen LogP contribution in [0.2, 0.25) is 0 Å². The van der Waals surface area contributed by atoms with E-state index in [1.54, 1.807) is 19.2 Å². The van der Waals surface area contributed by atoms with E-state index in [1.807, 2.05) is 24.3 Å². The van der Waals surface area contributed by atoms with Gasteiger partial charge in [-0.3, -0.25) is 5.10 Å². The summed E-state index contributed by atoms with van der Waals surface area (Å²) in [4.78, 5) is 0. The minimum Gasteiger partial charge on any atom is -0.503 e. The lowest BCUT2D eigenvalue weighted by Gasteiger charge is -2.25. The Bertz CT molecular complexity index is 1210. The lowest BCUT2D eigenvalue weighted by molar-refractivity contribution is 0.369. The van der Waals surface area contributed by atoms with Crippen LogP contribution in [0.25, 0.3) is 11.3 Å². The largest absolute Gasteiger partial charge is 0.503 e. The van der Waals surface area contributed by atoms with Gasteiger partial charge in [0, 0.05) is 5.56 Å². The summed E-state index contributed by atoms with van der Waals surface area (Å²) in [5, 5.41) is 27.3. The van der Waals surface area contributed by atoms with Crippen molar-refractivity contribution < 1.29 is 19.3 Å². The van der Waals surface area contributed by atoms with E-state index in [0.717, 1.165) is 5.56 Å². The Kier molecular flexibility index (Phi) is 5.01. The first kappa shape index (κ1) is 19.7. The molecule has 0 fully saturated rings. The molecule has 1 atom stereocenters. The first-order valence-electron chi connectivity index (χ1n) is 8.85. The van der Waals surface area contributed by atoms with Crippen molar-refractivity contribution in [1.82, 2.24) is 10.2 Å². The van der Waals surface area contributed by atoms with E-state index in [1.165, 1.54) is 7.11 Å². The number of nitriles is 1. The van der Waals surface area contributed by atoms with E-state index >= 15 is 0 Å². The Labute approximate surface area is 180 Å². The second-order valence-electron chi connectivity index (χ2n) is 6.53. The molecular weight excluding hydrogens is 452 g/mol. The maximum atomic E-state index is 10.2. The molecule has 8 nitrogen and oxygen atoms in total. The van der Waals surface area contributed by atoms with Gasteiger partial charge < -0.3 is 25.1 Å². The molecule has 0 aliphatic carbocycles. The van der Waals surface area contributed by atoms with E-state index in [0.29, 0.717) is 27.0 Å². The monoisotopic (exact) mass is 468 g/mol. The quantitative estimate of drug-likeness (QED) is 0.531. The van der Waals surface area contributed by atoms with Crippen LogP contribution in [0.4, 0.5) is 0 Å². The maximum Gasteiger partial charge on any atom is 0.244 e. The van der Waals surface area contributed by atoms with E-state index in [4.69, 9.17) is 19.9 Å². The fourth-order valence-electron chi connectivity index (χ4n) is 3.49. The molecule has 2 aromatic carbocycles. The van der Waals surface area contributed by atoms with Gasteiger partial charge in [-0.05, 0) is 45.8 Å². The molecule has 2 heterocycles. The molecule has 1 aliphatic heterocycles. The van der Waals surface area contributed by atoms with Crippen molar-refractivity contribution >= 4 is 15.9 Å². The summed E-state index contributed by atoms with van der Waals surface area (Å²) in [6.45, 7) is 0. The minimum absolute atomic E-state index is 0.0261. The molecule has 0 radical (unpaired) electrons. The number of ether oxygens (including phenoxy) is 3. The van der Waals surface area contributed by atoms with Gasteiger partial charge in [-0.15, -0.1) is 5.10 Å². The number of hydrogen-bond acceptors (Lipinski definition) is 7. The summed E-state index contributed by atoms with van der Waals surface area (Å²) in [6, 6.07) is 13.0. The average molecular weight is 469 g/mol. The predicted octanol–water partition coefficient (Wildman–Crippen LogP) is 3.78. The number of phenols is 1. The standard InChI is InChI=1S/C21H17BrN4O4/c1-28-12-5-3-4-10(6-12)18-17-16(11-7-14(22)19(27)15(8-11)29-2)13(9-23)20(24)30-21(17)26-25-18/h3-8,16,27H,24H2,1-2H3,(H,25,26)/t16-/m1/s1. The van der Waals surface area contributed by atoms with Gasteiger partial charge in [-0.1, -0.05) is 12.1 Å². The maximum absolute atomic E-state index is 10.2. The number of benzene rings is 2. The molecule has 1 aliphatic rings. The second-order valence-corrected chi connectivity index (χ2v) is 7.38. The molecule has 0 amide bonds. The number of rotatable bonds is 4. The molecule has 0 bridgehead atoms. The van der Waals surface area contributed by atoms with Crippen molar-refractivity contribution in [2.45, 2.75) is 5.92 Å². The van der Waals surface area contributed by atoms with Gasteiger partial charge in [-0.25, -0.2) is 0 Å². The Balaban J connectivity index is 1.97. The second kappa shape index (κ2) is 7.65. The number of nitrogens with one attached hydrogen (secondary N) is 1. The summed E-state index contributed by atoms with van der Waals surface area (Å²) in [7, 11) is 3.04. The number of aromatic amines is 1. The molecule has 3 aromatic rings. The SMILES string of the molecule is COc1cccc(-c2[nH]nc3c2[C@H](c2cc(Br)c(O)c(OC)c2)C(C#N)=C(N)O3)c1. The highest BCUT2D eigenvalue weighted by molar-refractivity contribution is 9.10. The average Bonchev–Trinajstić information content (AvgIpc) is 3.17. The van der Waals surface area contributed by atoms with E-state index < -0.39 is 5.92 Å². The summed E-state index contributed by atoms with van der Waals surface area (Å²) in [5.41, 5.74) is 9.05. The molecule has 0 saturated carbocycles. The Morgan fingerprint density at radius 2 is 2.07 bits per heavy atom. The molecule has 4 N–H and O–H groups in total. The summed E-state index contributed by atoms with van der Waals surface area (Å²) >= 11 is 3.34. The van der Waals surface area contributed by atoms with Crippen LogP contribution in [0.1, 0.15) is 17.0 Å². The molecular formula is C21H17BrN4O4. The molecule has 1 aromatic heterocycles. The first-order valence-corrected chi connectivity index (χ1v) is 9.64. The molecule has 4 rings (SSSR count). The fraction of sp³-hybridized carbons (Fsp3) is 0.143. The van der Waals surface area contributed by atoms with Gasteiger partial charge in [0.15, 0.2) is 11.5 Å². The summed E-state index contributed by atoms with van der Waals surface area (Å²) in [5.74, 6) is 0.552. The van der Waals surface area contributed by atoms with Crippen molar-refractivity contribution in [1.29, 1.82) is 5.26 Å². The zero-order valence-corrected chi connectivity index (χ0v) is 17.6. The van der Waals surface area contributed by atoms with Crippen LogP contribution in [0, 0.1) is 11.3 Å². The minimum atomic E-state index is -0.593. The van der Waals surface area contributed by atoms with Gasteiger partial charge in [0.1, 0.15) is 17.4 Å². The smallest absolute Gasteiger partial charge is 0.244 e. The number of methoxy groups -OCH3 is 2. The van der Waals surface area contributed by atoms with Crippen LogP contribution in [0.5, 0.6) is 23.1 Å². The molecule has 0 saturated heterocycles. The van der Waals surface area contributed by atoms with Crippen molar-refractivity contribution in [3.8, 4) is 40.5 Å². The number of aromatic hydroxyl groups is 1. The molecule has 9 heteroatoms. The normalized spacial score (nSPS) is 15.2. The van der Waals surface area contributed by atoms with Gasteiger partial charge in [-0.2, -0.15) is 5.26 Å². The third kappa shape index (κ3) is 3.11. The van der Waals surface area contributed by atoms with Crippen LogP contribution in [-0.2, 0) is 0 Å². The first-order chi connectivity index (χ1) is 14.5. The Hall–Kier alpha value is -3.64. The Morgan fingerprint density at radius 3 is 2.77 bits per heavy atom. The number of halogens is 1. The van der Waals surface area contributed by atoms with E-state index in [9.17, 15) is 10.4 Å². The van der Waals surface area contributed by atoms with E-state index in [2.05, 4.69) is 32.2 Å². The van der Waals surface area contributed by atoms with Gasteiger partial charge in [0.25, 0.3) is 0 Å². The highest BCUT2D eigenvalue weighted by Gasteiger charge is 2.36. The number of allylic oxidation sites excluding steroid dienone is 1. The molecule has 0 unspecified atom stereocenters. The van der Waals surface area contributed by atoms with Crippen LogP contribution in [0.15, 0.2) is 52.3 Å². The van der Waals surface area contributed by atoms with Crippen molar-refractivity contribution in [2.75, 3.05) is 14.2 Å². The third-order valence-electron chi connectivity index (χ3n) is 4.90. The van der Waals surface area contributed by atoms with Gasteiger partial charge in [0.2, 0.25) is 11.8 Å². The van der Waals surface area contributed by atoms with E-state index in [-0.39, 0.29) is 28.8 Å². The number of aromatic nitrogens is 2. The van der Waals surface area contributed by atoms with Gasteiger partial charge >= 0.3 is 0 Å². The number of fused-ring (bicyclic) bond motifs is 1. The Morgan fingerprint density at radius 1 is 1.27 bits per heavy atom. The fourth-order valence-corrected chi connectivity index (χ4v) is 3.95. The summed E-state index contributed by atoms with van der Waals surface area (Å²) in [6.07, 6.45) is 0. The number of hydrogen-bond donors (Lipinski definition) is 3. The number of H-pyrrole nitrogens is 1. The third-order valence-corrected chi connectivity index (χ3v) is 5.51. The predicted molar refractivity (Wildman–Crippen MR) is 112 cm³/mol. The van der Waals surface area contributed by atoms with Crippen molar-refractivity contribution in [3.63, 3.8) is 0 Å². The molecule has 152 valence electrons. The van der Waals surface area contributed by atoms with Gasteiger partial charge in [0.05, 0.1) is 35.9 Å². The van der Waals surface area contributed by atoms with Crippen molar-refractivity contribution in [2.24, 2.45) is 5.73 Å². The lowest BCUT2D eigenvalue weighted by atomic mass is 9.83. The number of nitrogens with zero attached hydrogens (tertiary/aromatic N) is 2. The van der Waals surface area contributed by atoms with Crippen LogP contribution >= 0.6 is 15.9 Å². The zero-order valence-electron chi connectivity index (χ0n) is 16.1. The highest BCUT2D eigenvalue weighted by Crippen LogP contribution is 2.48. The van der Waals surface area contributed by atoms with Crippen molar-refractivity contribution in [3.05, 3.63) is 63.5 Å². The molecule has 0 spiro atoms. The summed E-state index contributed by atoms with van der Waals surface area (Å²) < 4.78 is 16.7. The van der Waals surface area contributed by atoms with Crippen LogP contribution in [0.3, 0.4) is 0 Å². The zero-order chi connectivity index (χ0) is 21.4. The highest BCUT2D eigenvalue weighted by atomic mass is 79.9. The van der Waals surface area contributed by atoms with Crippen LogP contribution < -0.4 is 19.9 Å². The molecule has 30 heavy (non-hydrogen) atoms. The lowest BCUT2D eigenvalue weighted by Crippen LogP contribution is -2.21. The topological polar surface area (TPSA) is 126 Å².